The highest BCUT2D eigenvalue weighted by Crippen LogP contribution is 2.23. The van der Waals surface area contributed by atoms with Crippen molar-refractivity contribution >= 4 is 22.7 Å². The third-order valence-corrected chi connectivity index (χ3v) is 4.17. The number of aromatic amines is 1. The average Bonchev–Trinajstić information content (AvgIpc) is 2.69. The number of benzene rings is 1. The maximum absolute atomic E-state index is 12.7. The maximum Gasteiger partial charge on any atom is 0.262 e. The van der Waals surface area contributed by atoms with E-state index < -0.39 is 0 Å². The number of pyridine rings is 2. The Balaban J connectivity index is 1.76. The molecule has 0 aliphatic rings. The normalized spacial score (nSPS) is 10.8. The standard InChI is InChI=1S/C20H17N5O/c1-2-13-6-8-14(9-7-13)23-20-24-18-17(19(26)25-20)15(10-12-22-18)16-5-3-4-11-21-16/h3-12H,2H2,1H3,(H2,22,23,24,25,26). The van der Waals surface area contributed by atoms with Crippen LogP contribution in [0, 0.1) is 0 Å². The summed E-state index contributed by atoms with van der Waals surface area (Å²) in [6, 6.07) is 15.3. The van der Waals surface area contributed by atoms with Crippen molar-refractivity contribution in [2.75, 3.05) is 5.32 Å². The molecule has 0 unspecified atom stereocenters. The number of rotatable bonds is 4. The van der Waals surface area contributed by atoms with E-state index in [9.17, 15) is 4.79 Å². The van der Waals surface area contributed by atoms with E-state index >= 15 is 0 Å². The number of H-pyrrole nitrogens is 1. The van der Waals surface area contributed by atoms with Crippen molar-refractivity contribution in [3.05, 3.63) is 76.8 Å². The molecule has 4 rings (SSSR count). The fourth-order valence-electron chi connectivity index (χ4n) is 2.82. The third kappa shape index (κ3) is 3.04. The lowest BCUT2D eigenvalue weighted by Gasteiger charge is -2.08. The van der Waals surface area contributed by atoms with Gasteiger partial charge in [-0.15, -0.1) is 0 Å². The van der Waals surface area contributed by atoms with Crippen molar-refractivity contribution in [1.82, 2.24) is 19.9 Å². The summed E-state index contributed by atoms with van der Waals surface area (Å²) in [4.78, 5) is 28.5. The lowest BCUT2D eigenvalue weighted by Crippen LogP contribution is -2.13. The molecule has 3 heterocycles. The summed E-state index contributed by atoms with van der Waals surface area (Å²) in [7, 11) is 0. The van der Waals surface area contributed by atoms with Crippen LogP contribution in [0.5, 0.6) is 0 Å². The van der Waals surface area contributed by atoms with Gasteiger partial charge in [0.15, 0.2) is 5.65 Å². The highest BCUT2D eigenvalue weighted by atomic mass is 16.1. The van der Waals surface area contributed by atoms with Crippen LogP contribution in [-0.2, 0) is 6.42 Å². The Hall–Kier alpha value is -3.54. The first-order valence-corrected chi connectivity index (χ1v) is 8.41. The average molecular weight is 343 g/mol. The summed E-state index contributed by atoms with van der Waals surface area (Å²) in [5.74, 6) is 0.359. The van der Waals surface area contributed by atoms with Crippen LogP contribution in [0.25, 0.3) is 22.3 Å². The van der Waals surface area contributed by atoms with E-state index in [0.29, 0.717) is 28.2 Å². The molecule has 3 aromatic heterocycles. The van der Waals surface area contributed by atoms with Crippen molar-refractivity contribution < 1.29 is 0 Å². The van der Waals surface area contributed by atoms with Crippen molar-refractivity contribution in [3.63, 3.8) is 0 Å². The lowest BCUT2D eigenvalue weighted by atomic mass is 10.1. The molecule has 6 heteroatoms. The smallest absolute Gasteiger partial charge is 0.262 e. The van der Waals surface area contributed by atoms with Crippen molar-refractivity contribution in [2.45, 2.75) is 13.3 Å². The van der Waals surface area contributed by atoms with Gasteiger partial charge in [0.1, 0.15) is 0 Å². The highest BCUT2D eigenvalue weighted by Gasteiger charge is 2.12. The summed E-state index contributed by atoms with van der Waals surface area (Å²) in [6.45, 7) is 2.11. The predicted octanol–water partition coefficient (Wildman–Crippen LogP) is 3.69. The van der Waals surface area contributed by atoms with Gasteiger partial charge < -0.3 is 5.32 Å². The summed E-state index contributed by atoms with van der Waals surface area (Å²) in [5.41, 5.74) is 3.65. The minimum Gasteiger partial charge on any atom is -0.326 e. The zero-order chi connectivity index (χ0) is 17.9. The summed E-state index contributed by atoms with van der Waals surface area (Å²) in [5, 5.41) is 3.55. The molecule has 128 valence electrons. The first-order chi connectivity index (χ1) is 12.7. The Morgan fingerprint density at radius 3 is 2.58 bits per heavy atom. The number of nitrogens with one attached hydrogen (secondary N) is 2. The summed E-state index contributed by atoms with van der Waals surface area (Å²) < 4.78 is 0. The minimum absolute atomic E-state index is 0.253. The number of hydrogen-bond acceptors (Lipinski definition) is 5. The van der Waals surface area contributed by atoms with Gasteiger partial charge in [-0.05, 0) is 42.3 Å². The molecule has 0 aliphatic heterocycles. The van der Waals surface area contributed by atoms with Crippen LogP contribution in [0.2, 0.25) is 0 Å². The first kappa shape index (κ1) is 16.0. The minimum atomic E-state index is -0.253. The number of fused-ring (bicyclic) bond motifs is 1. The van der Waals surface area contributed by atoms with E-state index in [2.05, 4.69) is 32.2 Å². The SMILES string of the molecule is CCc1ccc(Nc2nc3nccc(-c4ccccn4)c3c(=O)[nH]2)cc1. The second kappa shape index (κ2) is 6.76. The van der Waals surface area contributed by atoms with Crippen LogP contribution in [0.15, 0.2) is 65.7 Å². The van der Waals surface area contributed by atoms with Gasteiger partial charge >= 0.3 is 0 Å². The summed E-state index contributed by atoms with van der Waals surface area (Å²) >= 11 is 0. The number of nitrogens with zero attached hydrogens (tertiary/aromatic N) is 3. The lowest BCUT2D eigenvalue weighted by molar-refractivity contribution is 1.13. The van der Waals surface area contributed by atoms with Crippen LogP contribution in [0.1, 0.15) is 12.5 Å². The second-order valence-corrected chi connectivity index (χ2v) is 5.86. The Morgan fingerprint density at radius 2 is 1.85 bits per heavy atom. The Morgan fingerprint density at radius 1 is 1.00 bits per heavy atom. The van der Waals surface area contributed by atoms with E-state index in [1.807, 2.05) is 42.5 Å². The molecule has 0 saturated heterocycles. The zero-order valence-electron chi connectivity index (χ0n) is 14.2. The number of aromatic nitrogens is 4. The fraction of sp³-hybridized carbons (Fsp3) is 0.100. The molecular formula is C20H17N5O. The molecule has 0 atom stereocenters. The number of hydrogen-bond donors (Lipinski definition) is 2. The van der Waals surface area contributed by atoms with Gasteiger partial charge in [-0.3, -0.25) is 14.8 Å². The van der Waals surface area contributed by atoms with E-state index in [4.69, 9.17) is 0 Å². The first-order valence-electron chi connectivity index (χ1n) is 8.41. The molecule has 0 bridgehead atoms. The topological polar surface area (TPSA) is 83.6 Å². The maximum atomic E-state index is 12.7. The Bertz CT molecular complexity index is 1100. The molecule has 0 spiro atoms. The third-order valence-electron chi connectivity index (χ3n) is 4.17. The van der Waals surface area contributed by atoms with E-state index in [1.165, 1.54) is 5.56 Å². The molecule has 6 nitrogen and oxygen atoms in total. The Kier molecular flexibility index (Phi) is 4.15. The predicted molar refractivity (Wildman–Crippen MR) is 102 cm³/mol. The van der Waals surface area contributed by atoms with Crippen molar-refractivity contribution in [1.29, 1.82) is 0 Å². The molecule has 2 N–H and O–H groups in total. The van der Waals surface area contributed by atoms with Gasteiger partial charge in [-0.1, -0.05) is 25.1 Å². The fourth-order valence-corrected chi connectivity index (χ4v) is 2.82. The Labute approximate surface area is 150 Å². The molecule has 1 aromatic carbocycles. The zero-order valence-corrected chi connectivity index (χ0v) is 14.2. The van der Waals surface area contributed by atoms with Crippen LogP contribution >= 0.6 is 0 Å². The quantitative estimate of drug-likeness (QED) is 0.590. The molecule has 4 aromatic rings. The largest absolute Gasteiger partial charge is 0.326 e. The van der Waals surface area contributed by atoms with Crippen LogP contribution in [0.3, 0.4) is 0 Å². The van der Waals surface area contributed by atoms with Crippen LogP contribution in [0.4, 0.5) is 11.6 Å². The monoisotopic (exact) mass is 343 g/mol. The van der Waals surface area contributed by atoms with E-state index in [-0.39, 0.29) is 5.56 Å². The molecule has 0 amide bonds. The van der Waals surface area contributed by atoms with Gasteiger partial charge in [-0.25, -0.2) is 4.98 Å². The van der Waals surface area contributed by atoms with Crippen molar-refractivity contribution in [3.8, 4) is 11.3 Å². The molecule has 0 radical (unpaired) electrons. The van der Waals surface area contributed by atoms with Crippen LogP contribution in [-0.4, -0.2) is 19.9 Å². The molecule has 0 aliphatic carbocycles. The second-order valence-electron chi connectivity index (χ2n) is 5.86. The van der Waals surface area contributed by atoms with Gasteiger partial charge in [-0.2, -0.15) is 4.98 Å². The van der Waals surface area contributed by atoms with Gasteiger partial charge in [0.2, 0.25) is 5.95 Å². The van der Waals surface area contributed by atoms with Crippen molar-refractivity contribution in [2.24, 2.45) is 0 Å². The summed E-state index contributed by atoms with van der Waals surface area (Å²) in [6.07, 6.45) is 4.31. The number of anilines is 2. The molecular weight excluding hydrogens is 326 g/mol. The van der Waals surface area contributed by atoms with Crippen LogP contribution < -0.4 is 10.9 Å². The van der Waals surface area contributed by atoms with E-state index in [0.717, 1.165) is 12.1 Å². The van der Waals surface area contributed by atoms with Gasteiger partial charge in [0.05, 0.1) is 11.1 Å². The molecule has 0 fully saturated rings. The molecule has 26 heavy (non-hydrogen) atoms. The molecule has 0 saturated carbocycles. The van der Waals surface area contributed by atoms with E-state index in [1.54, 1.807) is 18.5 Å². The van der Waals surface area contributed by atoms with Gasteiger partial charge in [0, 0.05) is 23.6 Å². The highest BCUT2D eigenvalue weighted by molar-refractivity contribution is 5.91. The van der Waals surface area contributed by atoms with Gasteiger partial charge in [0.25, 0.3) is 5.56 Å². The number of aryl methyl sites for hydroxylation is 1.